The van der Waals surface area contributed by atoms with Crippen molar-refractivity contribution in [3.63, 3.8) is 0 Å². The molecule has 0 aliphatic heterocycles. The van der Waals surface area contributed by atoms with E-state index in [2.05, 4.69) is 5.32 Å². The zero-order chi connectivity index (χ0) is 21.8. The summed E-state index contributed by atoms with van der Waals surface area (Å²) in [4.78, 5) is 24.8. The lowest BCUT2D eigenvalue weighted by molar-refractivity contribution is -0.117. The number of anilines is 2. The van der Waals surface area contributed by atoms with Gasteiger partial charge in [-0.2, -0.15) is 0 Å². The van der Waals surface area contributed by atoms with Crippen molar-refractivity contribution >= 4 is 33.3 Å². The summed E-state index contributed by atoms with van der Waals surface area (Å²) >= 11 is 0. The number of methoxy groups -OCH3 is 1. The molecule has 0 bridgehead atoms. The van der Waals surface area contributed by atoms with Crippen molar-refractivity contribution in [3.05, 3.63) is 59.4 Å². The van der Waals surface area contributed by atoms with E-state index in [1.807, 2.05) is 0 Å². The Kier molecular flexibility index (Phi) is 6.97. The maximum Gasteiger partial charge on any atom is 0.338 e. The van der Waals surface area contributed by atoms with Crippen LogP contribution in [-0.4, -0.2) is 39.7 Å². The van der Waals surface area contributed by atoms with E-state index in [9.17, 15) is 22.4 Å². The van der Waals surface area contributed by atoms with E-state index < -0.39 is 33.8 Å². The monoisotopic (exact) mass is 422 g/mol. The second-order valence-corrected chi connectivity index (χ2v) is 8.25. The van der Waals surface area contributed by atoms with Gasteiger partial charge in [-0.25, -0.2) is 17.6 Å². The number of hydrogen-bond acceptors (Lipinski definition) is 5. The molecule has 156 valence electrons. The normalized spacial score (nSPS) is 12.2. The van der Waals surface area contributed by atoms with Crippen LogP contribution >= 0.6 is 0 Å². The van der Waals surface area contributed by atoms with Crippen molar-refractivity contribution < 1.29 is 27.1 Å². The number of benzene rings is 2. The highest BCUT2D eigenvalue weighted by molar-refractivity contribution is 7.92. The Bertz CT molecular complexity index is 1020. The molecule has 2 aromatic carbocycles. The lowest BCUT2D eigenvalue weighted by Crippen LogP contribution is -2.47. The highest BCUT2D eigenvalue weighted by Gasteiger charge is 2.33. The van der Waals surface area contributed by atoms with Crippen LogP contribution in [0.3, 0.4) is 0 Å². The van der Waals surface area contributed by atoms with Crippen LogP contribution in [0.1, 0.15) is 29.3 Å². The van der Waals surface area contributed by atoms with Crippen LogP contribution in [0.15, 0.2) is 42.5 Å². The minimum Gasteiger partial charge on any atom is -0.465 e. The van der Waals surface area contributed by atoms with Gasteiger partial charge in [0.15, 0.2) is 0 Å². The van der Waals surface area contributed by atoms with Crippen molar-refractivity contribution in [3.8, 4) is 0 Å². The van der Waals surface area contributed by atoms with Crippen molar-refractivity contribution in [2.24, 2.45) is 0 Å². The van der Waals surface area contributed by atoms with Crippen molar-refractivity contribution in [1.29, 1.82) is 0 Å². The molecular weight excluding hydrogens is 399 g/mol. The molecule has 1 amide bonds. The van der Waals surface area contributed by atoms with Gasteiger partial charge in [-0.05, 0) is 43.2 Å². The molecule has 0 unspecified atom stereocenters. The fourth-order valence-electron chi connectivity index (χ4n) is 2.98. The molecule has 0 saturated heterocycles. The van der Waals surface area contributed by atoms with E-state index in [0.717, 1.165) is 16.6 Å². The number of ether oxygens (including phenoxy) is 1. The number of hydrogen-bond donors (Lipinski definition) is 1. The van der Waals surface area contributed by atoms with Gasteiger partial charge in [-0.3, -0.25) is 9.10 Å². The molecule has 9 heteroatoms. The highest BCUT2D eigenvalue weighted by atomic mass is 32.2. The van der Waals surface area contributed by atoms with E-state index in [-0.39, 0.29) is 17.7 Å². The summed E-state index contributed by atoms with van der Waals surface area (Å²) in [6.07, 6.45) is 1.02. The van der Waals surface area contributed by atoms with E-state index in [1.54, 1.807) is 32.0 Å². The molecule has 0 aliphatic rings. The summed E-state index contributed by atoms with van der Waals surface area (Å²) in [5.74, 6) is -1.96. The van der Waals surface area contributed by atoms with E-state index in [0.29, 0.717) is 11.3 Å². The summed E-state index contributed by atoms with van der Waals surface area (Å²) in [6, 6.07) is 8.87. The quantitative estimate of drug-likeness (QED) is 0.692. The van der Waals surface area contributed by atoms with Crippen molar-refractivity contribution in [2.45, 2.75) is 26.3 Å². The molecular formula is C20H23FN2O5S. The van der Waals surface area contributed by atoms with E-state index >= 15 is 0 Å². The third-order valence-electron chi connectivity index (χ3n) is 4.42. The molecule has 2 rings (SSSR count). The van der Waals surface area contributed by atoms with Crippen molar-refractivity contribution in [2.75, 3.05) is 23.0 Å². The maximum absolute atomic E-state index is 14.3. The maximum atomic E-state index is 14.3. The average Bonchev–Trinajstić information content (AvgIpc) is 2.66. The van der Waals surface area contributed by atoms with Crippen LogP contribution < -0.4 is 9.62 Å². The number of esters is 1. The van der Waals surface area contributed by atoms with Crippen LogP contribution in [0, 0.1) is 12.7 Å². The number of halogens is 1. The third-order valence-corrected chi connectivity index (χ3v) is 5.58. The van der Waals surface area contributed by atoms with Crippen LogP contribution in [0.25, 0.3) is 0 Å². The summed E-state index contributed by atoms with van der Waals surface area (Å²) < 4.78 is 44.6. The lowest BCUT2D eigenvalue weighted by Gasteiger charge is -2.30. The number of para-hydroxylation sites is 1. The fraction of sp³-hybridized carbons (Fsp3) is 0.300. The Hall–Kier alpha value is -2.94. The number of carbonyl (C=O) groups excluding carboxylic acids is 2. The Morgan fingerprint density at radius 1 is 1.17 bits per heavy atom. The molecule has 1 atom stereocenters. The number of amides is 1. The largest absolute Gasteiger partial charge is 0.465 e. The first-order valence-corrected chi connectivity index (χ1v) is 10.7. The fourth-order valence-corrected chi connectivity index (χ4v) is 4.20. The second kappa shape index (κ2) is 9.04. The highest BCUT2D eigenvalue weighted by Crippen LogP contribution is 2.27. The molecule has 0 aliphatic carbocycles. The van der Waals surface area contributed by atoms with Gasteiger partial charge in [0, 0.05) is 5.69 Å². The number of nitrogens with one attached hydrogen (secondary N) is 1. The molecule has 1 N–H and O–H groups in total. The minimum absolute atomic E-state index is 0.100. The van der Waals surface area contributed by atoms with Crippen LogP contribution in [-0.2, 0) is 19.6 Å². The van der Waals surface area contributed by atoms with Crippen LogP contribution in [0.4, 0.5) is 15.8 Å². The standard InChI is InChI=1S/C20H23FN2O5S/c1-5-17(23(29(4,26)27)18-12-7-6-10-15(18)21)19(24)22-16-11-8-9-14(13(16)2)20(25)28-3/h6-12,17H,5H2,1-4H3,(H,22,24)/t17-/m0/s1. The molecule has 0 spiro atoms. The average molecular weight is 422 g/mol. The summed E-state index contributed by atoms with van der Waals surface area (Å²) in [5.41, 5.74) is 0.863. The Balaban J connectivity index is 2.44. The summed E-state index contributed by atoms with van der Waals surface area (Å²) in [6.45, 7) is 3.26. The zero-order valence-electron chi connectivity index (χ0n) is 16.6. The molecule has 7 nitrogen and oxygen atoms in total. The first-order chi connectivity index (χ1) is 13.6. The van der Waals surface area contributed by atoms with Gasteiger partial charge >= 0.3 is 5.97 Å². The Morgan fingerprint density at radius 3 is 2.38 bits per heavy atom. The van der Waals surface area contributed by atoms with E-state index in [4.69, 9.17) is 4.74 Å². The molecule has 0 fully saturated rings. The Labute approximate surface area is 169 Å². The second-order valence-electron chi connectivity index (χ2n) is 6.39. The predicted molar refractivity (Wildman–Crippen MR) is 109 cm³/mol. The number of rotatable bonds is 7. The summed E-state index contributed by atoms with van der Waals surface area (Å²) in [5, 5.41) is 2.65. The van der Waals surface area contributed by atoms with Gasteiger partial charge in [0.2, 0.25) is 15.9 Å². The third kappa shape index (κ3) is 4.92. The molecule has 0 saturated carbocycles. The summed E-state index contributed by atoms with van der Waals surface area (Å²) in [7, 11) is -2.72. The predicted octanol–water partition coefficient (Wildman–Crippen LogP) is 3.10. The molecule has 0 heterocycles. The van der Waals surface area contributed by atoms with Gasteiger partial charge in [0.25, 0.3) is 0 Å². The first-order valence-electron chi connectivity index (χ1n) is 8.84. The number of nitrogens with zero attached hydrogens (tertiary/aromatic N) is 1. The minimum atomic E-state index is -3.97. The SMILES string of the molecule is CC[C@@H](C(=O)Nc1cccc(C(=O)OC)c1C)N(c1ccccc1F)S(C)(=O)=O. The van der Waals surface area contributed by atoms with Gasteiger partial charge in [0.05, 0.1) is 24.6 Å². The lowest BCUT2D eigenvalue weighted by atomic mass is 10.1. The van der Waals surface area contributed by atoms with Gasteiger partial charge in [0.1, 0.15) is 11.9 Å². The van der Waals surface area contributed by atoms with Gasteiger partial charge < -0.3 is 10.1 Å². The number of sulfonamides is 1. The molecule has 2 aromatic rings. The van der Waals surface area contributed by atoms with Crippen molar-refractivity contribution in [1.82, 2.24) is 0 Å². The smallest absolute Gasteiger partial charge is 0.338 e. The van der Waals surface area contributed by atoms with Gasteiger partial charge in [-0.15, -0.1) is 0 Å². The topological polar surface area (TPSA) is 92.8 Å². The first kappa shape index (κ1) is 22.4. The molecule has 0 aromatic heterocycles. The zero-order valence-corrected chi connectivity index (χ0v) is 17.4. The van der Waals surface area contributed by atoms with Crippen LogP contribution in [0.2, 0.25) is 0 Å². The van der Waals surface area contributed by atoms with Gasteiger partial charge in [-0.1, -0.05) is 25.1 Å². The Morgan fingerprint density at radius 2 is 1.83 bits per heavy atom. The molecule has 29 heavy (non-hydrogen) atoms. The molecule has 0 radical (unpaired) electrons. The van der Waals surface area contributed by atoms with Crippen LogP contribution in [0.5, 0.6) is 0 Å². The number of carbonyl (C=O) groups is 2. The van der Waals surface area contributed by atoms with E-state index in [1.165, 1.54) is 25.3 Å².